The Bertz CT molecular complexity index is 1260. The first-order valence-electron chi connectivity index (χ1n) is 11.0. The van der Waals surface area contributed by atoms with Crippen molar-refractivity contribution in [1.29, 1.82) is 0 Å². The van der Waals surface area contributed by atoms with Crippen molar-refractivity contribution in [2.75, 3.05) is 13.7 Å². The highest BCUT2D eigenvalue weighted by Gasteiger charge is 2.54. The molecule has 2 fully saturated rings. The fraction of sp³-hybridized carbons (Fsp3) is 0.455. The standard InChI is InChI=1S/C22H27ClN6O4S/c1-14(24)17(13-25-2)34(31,32)28-21(30)16-3-4-18(26-20(16)23)29-11-6-19(27-29)33-12-7-15-5-8-22(15)9-10-22/h3-4,6,11,13,15H,5,7-10,12,24H2,1-2H3,(H,28,30). The number of sulfonamides is 1. The molecular weight excluding hydrogens is 480 g/mol. The molecule has 2 aromatic rings. The first-order chi connectivity index (χ1) is 16.1. The first kappa shape index (κ1) is 24.2. The molecular formula is C22H27ClN6O4S. The van der Waals surface area contributed by atoms with Crippen LogP contribution in [0.4, 0.5) is 0 Å². The summed E-state index contributed by atoms with van der Waals surface area (Å²) in [5, 5.41) is 4.17. The SMILES string of the molecule is CN=CC(=C(C)N)S(=O)(=O)NC(=O)c1ccc(-n2ccc(OCCC3CCC34CC4)n2)nc1Cl. The number of aromatic nitrogens is 3. The third kappa shape index (κ3) is 4.95. The van der Waals surface area contributed by atoms with Gasteiger partial charge in [0.2, 0.25) is 5.88 Å². The van der Waals surface area contributed by atoms with E-state index in [2.05, 4.69) is 15.1 Å². The summed E-state index contributed by atoms with van der Waals surface area (Å²) >= 11 is 6.18. The summed E-state index contributed by atoms with van der Waals surface area (Å²) in [6.07, 6.45) is 9.13. The van der Waals surface area contributed by atoms with Crippen LogP contribution in [0.2, 0.25) is 5.15 Å². The van der Waals surface area contributed by atoms with Crippen LogP contribution in [0.3, 0.4) is 0 Å². The van der Waals surface area contributed by atoms with Crippen LogP contribution >= 0.6 is 11.6 Å². The Morgan fingerprint density at radius 1 is 1.38 bits per heavy atom. The molecule has 34 heavy (non-hydrogen) atoms. The highest BCUT2D eigenvalue weighted by atomic mass is 35.5. The van der Waals surface area contributed by atoms with Crippen LogP contribution in [-0.4, -0.2) is 49.0 Å². The van der Waals surface area contributed by atoms with E-state index < -0.39 is 15.9 Å². The molecule has 2 heterocycles. The van der Waals surface area contributed by atoms with Crippen LogP contribution in [0, 0.1) is 11.3 Å². The molecule has 182 valence electrons. The summed E-state index contributed by atoms with van der Waals surface area (Å²) in [7, 11) is -2.85. The summed E-state index contributed by atoms with van der Waals surface area (Å²) in [6.45, 7) is 2.01. The van der Waals surface area contributed by atoms with E-state index in [-0.39, 0.29) is 21.3 Å². The van der Waals surface area contributed by atoms with Crippen LogP contribution in [0.1, 0.15) is 49.4 Å². The van der Waals surface area contributed by atoms with Gasteiger partial charge in [0.15, 0.2) is 5.82 Å². The van der Waals surface area contributed by atoms with E-state index in [4.69, 9.17) is 22.1 Å². The van der Waals surface area contributed by atoms with E-state index in [9.17, 15) is 13.2 Å². The fourth-order valence-electron chi connectivity index (χ4n) is 4.30. The minimum atomic E-state index is -4.24. The molecule has 1 amide bonds. The number of nitrogens with zero attached hydrogens (tertiary/aromatic N) is 4. The second kappa shape index (κ2) is 9.38. The number of carbonyl (C=O) groups excluding carboxylic acids is 1. The maximum atomic E-state index is 12.6. The quantitative estimate of drug-likeness (QED) is 0.393. The summed E-state index contributed by atoms with van der Waals surface area (Å²) in [6, 6.07) is 4.61. The lowest BCUT2D eigenvalue weighted by Gasteiger charge is -2.37. The van der Waals surface area contributed by atoms with E-state index in [1.165, 1.54) is 56.5 Å². The van der Waals surface area contributed by atoms with Crippen LogP contribution in [-0.2, 0) is 10.0 Å². The Balaban J connectivity index is 1.40. The predicted octanol–water partition coefficient (Wildman–Crippen LogP) is 2.83. The Hall–Kier alpha value is -2.92. The van der Waals surface area contributed by atoms with Gasteiger partial charge in [-0.3, -0.25) is 9.79 Å². The van der Waals surface area contributed by atoms with Crippen LogP contribution in [0.25, 0.3) is 5.82 Å². The molecule has 2 aromatic heterocycles. The molecule has 12 heteroatoms. The molecule has 0 radical (unpaired) electrons. The molecule has 1 atom stereocenters. The van der Waals surface area contributed by atoms with E-state index in [0.29, 0.717) is 23.7 Å². The van der Waals surface area contributed by atoms with Crippen molar-refractivity contribution in [3.05, 3.63) is 45.7 Å². The number of hydrogen-bond acceptors (Lipinski definition) is 8. The molecule has 1 unspecified atom stereocenters. The van der Waals surface area contributed by atoms with Gasteiger partial charge < -0.3 is 10.5 Å². The number of nitrogens with one attached hydrogen (secondary N) is 1. The lowest BCUT2D eigenvalue weighted by molar-refractivity contribution is 0.0981. The Labute approximate surface area is 203 Å². The third-order valence-electron chi connectivity index (χ3n) is 6.49. The van der Waals surface area contributed by atoms with Gasteiger partial charge in [0.25, 0.3) is 15.9 Å². The van der Waals surface area contributed by atoms with Crippen molar-refractivity contribution in [3.63, 3.8) is 0 Å². The lowest BCUT2D eigenvalue weighted by atomic mass is 9.69. The Morgan fingerprint density at radius 2 is 2.15 bits per heavy atom. The van der Waals surface area contributed by atoms with Crippen molar-refractivity contribution in [2.45, 2.75) is 39.0 Å². The molecule has 10 nitrogen and oxygen atoms in total. The monoisotopic (exact) mass is 506 g/mol. The largest absolute Gasteiger partial charge is 0.477 e. The molecule has 4 rings (SSSR count). The Morgan fingerprint density at radius 3 is 2.74 bits per heavy atom. The van der Waals surface area contributed by atoms with Gasteiger partial charge >= 0.3 is 0 Å². The first-order valence-corrected chi connectivity index (χ1v) is 12.8. The van der Waals surface area contributed by atoms with Crippen molar-refractivity contribution >= 4 is 33.7 Å². The number of hydrogen-bond donors (Lipinski definition) is 2. The summed E-state index contributed by atoms with van der Waals surface area (Å²) in [4.78, 5) is 20.1. The number of aliphatic imine (C=N–C) groups is 1. The summed E-state index contributed by atoms with van der Waals surface area (Å²) in [5.74, 6) is 0.657. The zero-order valence-electron chi connectivity index (χ0n) is 19.0. The number of pyridine rings is 1. The molecule has 3 N–H and O–H groups in total. The lowest BCUT2D eigenvalue weighted by Crippen LogP contribution is -2.33. The zero-order valence-corrected chi connectivity index (χ0v) is 20.6. The molecule has 0 saturated heterocycles. The number of carbonyl (C=O) groups is 1. The summed E-state index contributed by atoms with van der Waals surface area (Å²) in [5.41, 5.74) is 6.11. The van der Waals surface area contributed by atoms with E-state index in [0.717, 1.165) is 18.6 Å². The highest BCUT2D eigenvalue weighted by molar-refractivity contribution is 7.94. The van der Waals surface area contributed by atoms with Gasteiger partial charge in [-0.05, 0) is 62.5 Å². The van der Waals surface area contributed by atoms with Crippen LogP contribution < -0.4 is 15.2 Å². The average molecular weight is 507 g/mol. The number of allylic oxidation sites excluding steroid dienone is 2. The van der Waals surface area contributed by atoms with Gasteiger partial charge in [0.1, 0.15) is 10.1 Å². The van der Waals surface area contributed by atoms with Gasteiger partial charge in [-0.1, -0.05) is 11.6 Å². The second-order valence-electron chi connectivity index (χ2n) is 8.71. The minimum absolute atomic E-state index is 0.0121. The maximum absolute atomic E-state index is 12.6. The van der Waals surface area contributed by atoms with E-state index in [1.807, 2.05) is 4.72 Å². The number of halogens is 1. The average Bonchev–Trinajstić information content (AvgIpc) is 3.48. The van der Waals surface area contributed by atoms with Crippen molar-refractivity contribution in [2.24, 2.45) is 22.1 Å². The minimum Gasteiger partial charge on any atom is -0.477 e. The van der Waals surface area contributed by atoms with E-state index >= 15 is 0 Å². The fourth-order valence-corrected chi connectivity index (χ4v) is 5.67. The molecule has 1 spiro atoms. The number of ether oxygens (including phenoxy) is 1. The topological polar surface area (TPSA) is 142 Å². The predicted molar refractivity (Wildman–Crippen MR) is 129 cm³/mol. The third-order valence-corrected chi connectivity index (χ3v) is 8.24. The summed E-state index contributed by atoms with van der Waals surface area (Å²) < 4.78 is 34.2. The molecule has 0 bridgehead atoms. The zero-order chi connectivity index (χ0) is 24.5. The molecule has 2 saturated carbocycles. The smallest absolute Gasteiger partial charge is 0.268 e. The van der Waals surface area contributed by atoms with Crippen molar-refractivity contribution in [1.82, 2.24) is 19.5 Å². The van der Waals surface area contributed by atoms with Gasteiger partial charge in [-0.25, -0.2) is 22.8 Å². The highest BCUT2D eigenvalue weighted by Crippen LogP contribution is 2.65. The molecule has 0 aliphatic heterocycles. The van der Waals surface area contributed by atoms with E-state index in [1.54, 1.807) is 12.3 Å². The normalized spacial score (nSPS) is 19.6. The van der Waals surface area contributed by atoms with Gasteiger partial charge in [0, 0.05) is 31.2 Å². The maximum Gasteiger partial charge on any atom is 0.268 e. The van der Waals surface area contributed by atoms with Gasteiger partial charge in [-0.2, -0.15) is 0 Å². The van der Waals surface area contributed by atoms with Crippen LogP contribution in [0.5, 0.6) is 5.88 Å². The molecule has 2 aliphatic rings. The number of amides is 1. The van der Waals surface area contributed by atoms with Gasteiger partial charge in [0.05, 0.1) is 12.2 Å². The Kier molecular flexibility index (Phi) is 6.68. The molecule has 0 aromatic carbocycles. The van der Waals surface area contributed by atoms with Crippen molar-refractivity contribution in [3.8, 4) is 11.7 Å². The second-order valence-corrected chi connectivity index (χ2v) is 10.7. The van der Waals surface area contributed by atoms with Crippen LogP contribution in [0.15, 0.2) is 40.0 Å². The van der Waals surface area contributed by atoms with Crippen molar-refractivity contribution < 1.29 is 17.9 Å². The van der Waals surface area contributed by atoms with Gasteiger partial charge in [-0.15, -0.1) is 5.10 Å². The number of nitrogens with two attached hydrogens (primary N) is 1. The number of rotatable bonds is 9. The molecule has 2 aliphatic carbocycles.